The highest BCUT2D eigenvalue weighted by atomic mass is 35.5. The molecule has 0 aliphatic carbocycles. The molecule has 1 atom stereocenters. The number of hydrogen-bond acceptors (Lipinski definition) is 3. The van der Waals surface area contributed by atoms with Crippen LogP contribution in [0.2, 0.25) is 5.02 Å². The number of anilines is 1. The SMILES string of the molecule is CCC(Oc1ccc(C(C)(C)CC)cc1C(C)(C)CC)C(=O)NCC(=O)Nc1ccccc1Cl. The van der Waals surface area contributed by atoms with Gasteiger partial charge in [0.2, 0.25) is 5.91 Å². The minimum Gasteiger partial charge on any atom is -0.480 e. The van der Waals surface area contributed by atoms with Gasteiger partial charge in [-0.05, 0) is 53.9 Å². The molecule has 0 radical (unpaired) electrons. The molecule has 0 bridgehead atoms. The first-order valence-electron chi connectivity index (χ1n) is 12.1. The van der Waals surface area contributed by atoms with Crippen LogP contribution in [0.25, 0.3) is 0 Å². The summed E-state index contributed by atoms with van der Waals surface area (Å²) in [7, 11) is 0. The van der Waals surface area contributed by atoms with Gasteiger partial charge in [0.05, 0.1) is 17.3 Å². The van der Waals surface area contributed by atoms with E-state index in [-0.39, 0.29) is 29.2 Å². The van der Waals surface area contributed by atoms with Gasteiger partial charge in [-0.25, -0.2) is 0 Å². The van der Waals surface area contributed by atoms with Gasteiger partial charge in [0, 0.05) is 5.56 Å². The lowest BCUT2D eigenvalue weighted by molar-refractivity contribution is -0.129. The zero-order valence-electron chi connectivity index (χ0n) is 21.5. The lowest BCUT2D eigenvalue weighted by atomic mass is 9.76. The lowest BCUT2D eigenvalue weighted by Crippen LogP contribution is -2.42. The number of hydrogen-bond donors (Lipinski definition) is 2. The van der Waals surface area contributed by atoms with Gasteiger partial charge in [-0.2, -0.15) is 0 Å². The number of ether oxygens (including phenoxy) is 1. The quantitative estimate of drug-likeness (QED) is 0.374. The predicted octanol–water partition coefficient (Wildman–Crippen LogP) is 6.63. The molecule has 2 aromatic rings. The highest BCUT2D eigenvalue weighted by molar-refractivity contribution is 6.33. The Morgan fingerprint density at radius 3 is 2.21 bits per heavy atom. The Morgan fingerprint density at radius 1 is 0.971 bits per heavy atom. The van der Waals surface area contributed by atoms with Gasteiger partial charge in [-0.15, -0.1) is 0 Å². The third-order valence-corrected chi connectivity index (χ3v) is 7.09. The third-order valence-electron chi connectivity index (χ3n) is 6.76. The maximum atomic E-state index is 12.9. The summed E-state index contributed by atoms with van der Waals surface area (Å²) in [6.07, 6.45) is 1.73. The van der Waals surface area contributed by atoms with E-state index in [0.29, 0.717) is 22.9 Å². The number of para-hydroxylation sites is 1. The van der Waals surface area contributed by atoms with E-state index in [4.69, 9.17) is 16.3 Å². The summed E-state index contributed by atoms with van der Waals surface area (Å²) in [5.41, 5.74) is 2.80. The number of carbonyl (C=O) groups is 2. The molecule has 2 aromatic carbocycles. The van der Waals surface area contributed by atoms with Crippen molar-refractivity contribution in [3.8, 4) is 5.75 Å². The monoisotopic (exact) mass is 486 g/mol. The Morgan fingerprint density at radius 2 is 1.62 bits per heavy atom. The van der Waals surface area contributed by atoms with Crippen molar-refractivity contribution in [1.29, 1.82) is 0 Å². The summed E-state index contributed by atoms with van der Waals surface area (Å²) in [6.45, 7) is 14.9. The Balaban J connectivity index is 2.16. The van der Waals surface area contributed by atoms with Crippen LogP contribution in [0.4, 0.5) is 5.69 Å². The summed E-state index contributed by atoms with van der Waals surface area (Å²) >= 11 is 6.08. The third kappa shape index (κ3) is 6.99. The number of benzene rings is 2. The number of amides is 2. The summed E-state index contributed by atoms with van der Waals surface area (Å²) in [5, 5.41) is 5.84. The fourth-order valence-corrected chi connectivity index (χ4v) is 3.67. The molecular weight excluding hydrogens is 448 g/mol. The van der Waals surface area contributed by atoms with Crippen LogP contribution in [-0.4, -0.2) is 24.5 Å². The molecule has 0 aliphatic heterocycles. The van der Waals surface area contributed by atoms with Gasteiger partial charge in [0.1, 0.15) is 5.75 Å². The Hall–Kier alpha value is -2.53. The average Bonchev–Trinajstić information content (AvgIpc) is 2.82. The minimum absolute atomic E-state index is 0.0493. The molecule has 0 heterocycles. The van der Waals surface area contributed by atoms with Crippen LogP contribution in [0.5, 0.6) is 5.75 Å². The minimum atomic E-state index is -0.704. The molecule has 0 spiro atoms. The van der Waals surface area contributed by atoms with Crippen molar-refractivity contribution in [1.82, 2.24) is 5.32 Å². The fourth-order valence-electron chi connectivity index (χ4n) is 3.49. The van der Waals surface area contributed by atoms with E-state index in [1.165, 1.54) is 5.56 Å². The van der Waals surface area contributed by atoms with Crippen LogP contribution < -0.4 is 15.4 Å². The standard InChI is InChI=1S/C28H39ClN2O3/c1-8-23(26(33)30-18-25(32)31-22-14-12-11-13-21(22)29)34-24-16-15-19(27(4,5)9-2)17-20(24)28(6,7)10-3/h11-17,23H,8-10,18H2,1-7H3,(H,30,33)(H,31,32). The van der Waals surface area contributed by atoms with Crippen molar-refractivity contribution < 1.29 is 14.3 Å². The van der Waals surface area contributed by atoms with Crippen molar-refractivity contribution in [2.45, 2.75) is 84.7 Å². The fraction of sp³-hybridized carbons (Fsp3) is 0.500. The predicted molar refractivity (Wildman–Crippen MR) is 141 cm³/mol. The Labute approximate surface area is 209 Å². The molecule has 0 fully saturated rings. The van der Waals surface area contributed by atoms with E-state index in [2.05, 4.69) is 64.3 Å². The molecule has 186 valence electrons. The zero-order valence-corrected chi connectivity index (χ0v) is 22.3. The zero-order chi connectivity index (χ0) is 25.5. The van der Waals surface area contributed by atoms with E-state index < -0.39 is 6.10 Å². The van der Waals surface area contributed by atoms with E-state index in [1.54, 1.807) is 24.3 Å². The molecular formula is C28H39ClN2O3. The van der Waals surface area contributed by atoms with Crippen molar-refractivity contribution in [3.63, 3.8) is 0 Å². The van der Waals surface area contributed by atoms with Gasteiger partial charge in [-0.1, -0.05) is 84.3 Å². The van der Waals surface area contributed by atoms with Crippen LogP contribution in [-0.2, 0) is 20.4 Å². The van der Waals surface area contributed by atoms with Gasteiger partial charge in [0.15, 0.2) is 6.10 Å². The molecule has 0 saturated carbocycles. The second-order valence-corrected chi connectivity index (χ2v) is 10.4. The molecule has 34 heavy (non-hydrogen) atoms. The number of rotatable bonds is 11. The molecule has 1 unspecified atom stereocenters. The highest BCUT2D eigenvalue weighted by Crippen LogP contribution is 2.39. The normalized spacial score (nSPS) is 12.7. The van der Waals surface area contributed by atoms with Crippen LogP contribution in [0.15, 0.2) is 42.5 Å². The van der Waals surface area contributed by atoms with E-state index in [0.717, 1.165) is 18.4 Å². The second kappa shape index (κ2) is 11.7. The van der Waals surface area contributed by atoms with Gasteiger partial charge in [-0.3, -0.25) is 9.59 Å². The van der Waals surface area contributed by atoms with Crippen LogP contribution in [0.1, 0.15) is 78.9 Å². The van der Waals surface area contributed by atoms with E-state index >= 15 is 0 Å². The molecule has 0 aliphatic rings. The summed E-state index contributed by atoms with van der Waals surface area (Å²) in [4.78, 5) is 25.2. The first kappa shape index (κ1) is 27.7. The molecule has 2 amide bonds. The Bertz CT molecular complexity index is 1000. The number of nitrogens with one attached hydrogen (secondary N) is 2. The molecule has 6 heteroatoms. The van der Waals surface area contributed by atoms with Crippen LogP contribution in [0.3, 0.4) is 0 Å². The summed E-state index contributed by atoms with van der Waals surface area (Å²) < 4.78 is 6.25. The second-order valence-electron chi connectivity index (χ2n) is 9.95. The smallest absolute Gasteiger partial charge is 0.261 e. The topological polar surface area (TPSA) is 67.4 Å². The maximum absolute atomic E-state index is 12.9. The number of carbonyl (C=O) groups excluding carboxylic acids is 2. The summed E-state index contributed by atoms with van der Waals surface area (Å²) in [5.74, 6) is 0.0373. The first-order valence-corrected chi connectivity index (χ1v) is 12.5. The van der Waals surface area contributed by atoms with E-state index in [9.17, 15) is 9.59 Å². The molecule has 2 N–H and O–H groups in total. The van der Waals surface area contributed by atoms with E-state index in [1.807, 2.05) is 13.0 Å². The van der Waals surface area contributed by atoms with Crippen LogP contribution >= 0.6 is 11.6 Å². The van der Waals surface area contributed by atoms with Crippen molar-refractivity contribution in [3.05, 3.63) is 58.6 Å². The summed E-state index contributed by atoms with van der Waals surface area (Å²) in [6, 6.07) is 13.3. The van der Waals surface area contributed by atoms with Crippen molar-refractivity contribution in [2.24, 2.45) is 0 Å². The molecule has 0 saturated heterocycles. The molecule has 2 rings (SSSR count). The van der Waals surface area contributed by atoms with Crippen molar-refractivity contribution in [2.75, 3.05) is 11.9 Å². The van der Waals surface area contributed by atoms with Gasteiger partial charge >= 0.3 is 0 Å². The van der Waals surface area contributed by atoms with Gasteiger partial charge in [0.25, 0.3) is 5.91 Å². The molecule has 5 nitrogen and oxygen atoms in total. The maximum Gasteiger partial charge on any atom is 0.261 e. The van der Waals surface area contributed by atoms with Crippen molar-refractivity contribution >= 4 is 29.1 Å². The van der Waals surface area contributed by atoms with Crippen LogP contribution in [0, 0.1) is 0 Å². The number of halogens is 1. The Kier molecular flexibility index (Phi) is 9.57. The lowest BCUT2D eigenvalue weighted by Gasteiger charge is -2.31. The highest BCUT2D eigenvalue weighted by Gasteiger charge is 2.29. The average molecular weight is 487 g/mol. The first-order chi connectivity index (χ1) is 15.9. The largest absolute Gasteiger partial charge is 0.480 e. The molecule has 0 aromatic heterocycles. The van der Waals surface area contributed by atoms with Gasteiger partial charge < -0.3 is 15.4 Å².